The number of carbonyl (C=O) groups excluding carboxylic acids is 3. The first kappa shape index (κ1) is 25.7. The molecule has 1 heterocycles. The Morgan fingerprint density at radius 3 is 1.96 bits per heavy atom. The van der Waals surface area contributed by atoms with E-state index < -0.39 is 19.3 Å². The molecule has 1 aliphatic heterocycles. The summed E-state index contributed by atoms with van der Waals surface area (Å²) in [5, 5.41) is 16.1. The molecule has 0 radical (unpaired) electrons. The second-order valence-electron chi connectivity index (χ2n) is 5.46. The van der Waals surface area contributed by atoms with Crippen LogP contribution in [0, 0.1) is 0 Å². The fourth-order valence-electron chi connectivity index (χ4n) is 1.60. The molecule has 9 nitrogen and oxygen atoms in total. The van der Waals surface area contributed by atoms with Crippen LogP contribution in [0.3, 0.4) is 0 Å². The number of carboxylic acids is 1. The van der Waals surface area contributed by atoms with E-state index in [0.717, 1.165) is 0 Å². The SMILES string of the molecule is CC.CC(=O)C(CNCCC(=O)O)NP(C)(C)=O.O=C1CCC(=O)N1. The standard InChI is InChI=1S/C9H19N2O4P.C4H5NO2.C2H6/c1-7(12)8(11-16(2,3)15)6-10-5-4-9(13)14;6-3-1-2-4(7)5-3;1-2/h8,10H,4-6H2,1-3H3,(H,11,15)(H,13,14);1-2H2,(H,5,6,7);1-2H3. The smallest absolute Gasteiger partial charge is 0.304 e. The first-order chi connectivity index (χ1) is 11.5. The van der Waals surface area contributed by atoms with Gasteiger partial charge in [-0.1, -0.05) is 13.8 Å². The summed E-state index contributed by atoms with van der Waals surface area (Å²) < 4.78 is 11.5. The molecule has 0 aromatic carbocycles. The zero-order valence-electron chi connectivity index (χ0n) is 15.5. The number of carbonyl (C=O) groups is 4. The van der Waals surface area contributed by atoms with Gasteiger partial charge in [0.05, 0.1) is 12.5 Å². The van der Waals surface area contributed by atoms with Crippen molar-refractivity contribution in [1.82, 2.24) is 15.7 Å². The van der Waals surface area contributed by atoms with Crippen molar-refractivity contribution in [2.24, 2.45) is 0 Å². The van der Waals surface area contributed by atoms with E-state index in [-0.39, 0.29) is 30.6 Å². The molecule has 25 heavy (non-hydrogen) atoms. The normalized spacial score (nSPS) is 14.4. The van der Waals surface area contributed by atoms with Crippen LogP contribution in [0.2, 0.25) is 0 Å². The van der Waals surface area contributed by atoms with E-state index in [1.54, 1.807) is 13.3 Å². The molecule has 0 spiro atoms. The number of amides is 2. The van der Waals surface area contributed by atoms with Crippen molar-refractivity contribution in [1.29, 1.82) is 0 Å². The maximum absolute atomic E-state index is 11.5. The minimum Gasteiger partial charge on any atom is -0.481 e. The summed E-state index contributed by atoms with van der Waals surface area (Å²) >= 11 is 0. The van der Waals surface area contributed by atoms with Crippen LogP contribution in [0.25, 0.3) is 0 Å². The highest BCUT2D eigenvalue weighted by molar-refractivity contribution is 7.60. The molecule has 1 rings (SSSR count). The Morgan fingerprint density at radius 2 is 1.68 bits per heavy atom. The lowest BCUT2D eigenvalue weighted by Crippen LogP contribution is -2.42. The largest absolute Gasteiger partial charge is 0.481 e. The van der Waals surface area contributed by atoms with Gasteiger partial charge in [0.25, 0.3) is 0 Å². The maximum Gasteiger partial charge on any atom is 0.304 e. The number of carboxylic acid groups (broad SMARTS) is 1. The highest BCUT2D eigenvalue weighted by Gasteiger charge is 2.19. The molecule has 1 unspecified atom stereocenters. The summed E-state index contributed by atoms with van der Waals surface area (Å²) in [6.45, 7) is 9.07. The summed E-state index contributed by atoms with van der Waals surface area (Å²) in [5.41, 5.74) is 0. The lowest BCUT2D eigenvalue weighted by atomic mass is 10.2. The van der Waals surface area contributed by atoms with Gasteiger partial charge >= 0.3 is 5.97 Å². The third-order valence-electron chi connectivity index (χ3n) is 2.68. The quantitative estimate of drug-likeness (QED) is 0.273. The third kappa shape index (κ3) is 17.1. The third-order valence-corrected chi connectivity index (χ3v) is 3.61. The second kappa shape index (κ2) is 13.7. The van der Waals surface area contributed by atoms with Gasteiger partial charge in [-0.25, -0.2) is 0 Å². The highest BCUT2D eigenvalue weighted by atomic mass is 31.2. The zero-order valence-corrected chi connectivity index (χ0v) is 16.4. The van der Waals surface area contributed by atoms with E-state index in [0.29, 0.717) is 19.4 Å². The van der Waals surface area contributed by atoms with E-state index in [9.17, 15) is 23.7 Å². The van der Waals surface area contributed by atoms with Crippen molar-refractivity contribution in [2.75, 3.05) is 26.4 Å². The summed E-state index contributed by atoms with van der Waals surface area (Å²) in [7, 11) is -2.47. The molecule has 0 bridgehead atoms. The molecule has 0 aromatic rings. The van der Waals surface area contributed by atoms with Gasteiger partial charge in [0, 0.05) is 39.3 Å². The van der Waals surface area contributed by atoms with Gasteiger partial charge in [-0.2, -0.15) is 0 Å². The first-order valence-electron chi connectivity index (χ1n) is 8.09. The van der Waals surface area contributed by atoms with Crippen molar-refractivity contribution in [3.05, 3.63) is 0 Å². The van der Waals surface area contributed by atoms with Crippen LogP contribution in [-0.4, -0.2) is 61.1 Å². The molecule has 1 saturated heterocycles. The van der Waals surface area contributed by atoms with Gasteiger partial charge in [-0.15, -0.1) is 0 Å². The van der Waals surface area contributed by atoms with Crippen LogP contribution in [0.15, 0.2) is 0 Å². The predicted octanol–water partition coefficient (Wildman–Crippen LogP) is 0.585. The van der Waals surface area contributed by atoms with Gasteiger partial charge in [0.1, 0.15) is 13.1 Å². The Morgan fingerprint density at radius 1 is 1.20 bits per heavy atom. The zero-order chi connectivity index (χ0) is 20.0. The number of imide groups is 1. The number of rotatable bonds is 8. The van der Waals surface area contributed by atoms with E-state index in [1.807, 2.05) is 13.8 Å². The molecule has 0 aliphatic carbocycles. The molecule has 1 atom stereocenters. The van der Waals surface area contributed by atoms with Crippen molar-refractivity contribution >= 4 is 30.9 Å². The molecule has 4 N–H and O–H groups in total. The van der Waals surface area contributed by atoms with Gasteiger partial charge in [-0.05, 0) is 6.92 Å². The van der Waals surface area contributed by atoms with E-state index >= 15 is 0 Å². The second-order valence-corrected chi connectivity index (χ2v) is 8.42. The molecule has 0 aromatic heterocycles. The van der Waals surface area contributed by atoms with Gasteiger partial charge in [-0.3, -0.25) is 29.6 Å². The lowest BCUT2D eigenvalue weighted by molar-refractivity contribution is -0.137. The van der Waals surface area contributed by atoms with Crippen LogP contribution >= 0.6 is 7.29 Å². The molecular weight excluding hydrogens is 349 g/mol. The molecule has 10 heteroatoms. The number of nitrogens with one attached hydrogen (secondary N) is 3. The van der Waals surface area contributed by atoms with Crippen LogP contribution < -0.4 is 15.7 Å². The average Bonchev–Trinajstić information content (AvgIpc) is 2.87. The van der Waals surface area contributed by atoms with E-state index in [1.165, 1.54) is 6.92 Å². The number of hydrogen-bond acceptors (Lipinski definition) is 6. The Hall–Kier alpha value is -1.57. The Kier molecular flexibility index (Phi) is 14.1. The van der Waals surface area contributed by atoms with Crippen molar-refractivity contribution in [2.45, 2.75) is 46.1 Å². The van der Waals surface area contributed by atoms with Crippen molar-refractivity contribution < 1.29 is 28.8 Å². The summed E-state index contributed by atoms with van der Waals surface area (Å²) in [5.74, 6) is -1.31. The first-order valence-corrected chi connectivity index (χ1v) is 10.7. The number of aliphatic carboxylic acids is 1. The number of hydrogen-bond donors (Lipinski definition) is 4. The monoisotopic (exact) mass is 379 g/mol. The number of ketones is 1. The average molecular weight is 379 g/mol. The molecule has 2 amide bonds. The summed E-state index contributed by atoms with van der Waals surface area (Å²) in [6, 6.07) is -0.533. The minimum absolute atomic E-state index is 0.000531. The molecule has 0 saturated carbocycles. The Labute approximate surface area is 148 Å². The van der Waals surface area contributed by atoms with Crippen molar-refractivity contribution in [3.8, 4) is 0 Å². The fourth-order valence-corrected chi connectivity index (χ4v) is 2.63. The highest BCUT2D eigenvalue weighted by Crippen LogP contribution is 2.30. The summed E-state index contributed by atoms with van der Waals surface area (Å²) in [4.78, 5) is 41.7. The van der Waals surface area contributed by atoms with Crippen molar-refractivity contribution in [3.63, 3.8) is 0 Å². The minimum atomic E-state index is -2.47. The van der Waals surface area contributed by atoms with Gasteiger partial charge < -0.3 is 15.0 Å². The van der Waals surface area contributed by atoms with Gasteiger partial charge in [0.15, 0.2) is 0 Å². The van der Waals surface area contributed by atoms with E-state index in [2.05, 4.69) is 15.7 Å². The van der Waals surface area contributed by atoms with Crippen LogP contribution in [0.1, 0.15) is 40.0 Å². The summed E-state index contributed by atoms with van der Waals surface area (Å²) in [6.07, 6.45) is 0.748. The lowest BCUT2D eigenvalue weighted by Gasteiger charge is -2.19. The topological polar surface area (TPSA) is 142 Å². The number of Topliss-reactive ketones (excluding diaryl/α,β-unsaturated/α-hetero) is 1. The van der Waals surface area contributed by atoms with E-state index in [4.69, 9.17) is 5.11 Å². The van der Waals surface area contributed by atoms with Crippen LogP contribution in [-0.2, 0) is 23.7 Å². The molecule has 1 fully saturated rings. The fraction of sp³-hybridized carbons (Fsp3) is 0.733. The Bertz CT molecular complexity index is 489. The predicted molar refractivity (Wildman–Crippen MR) is 95.9 cm³/mol. The molecule has 1 aliphatic rings. The molecule has 146 valence electrons. The maximum atomic E-state index is 11.5. The van der Waals surface area contributed by atoms with Crippen LogP contribution in [0.4, 0.5) is 0 Å². The Balaban J connectivity index is 0. The molecular formula is C15H30N3O6P. The van der Waals surface area contributed by atoms with Crippen LogP contribution in [0.5, 0.6) is 0 Å². The van der Waals surface area contributed by atoms with Gasteiger partial charge in [0.2, 0.25) is 11.8 Å².